The highest BCUT2D eigenvalue weighted by molar-refractivity contribution is 5.93. The topological polar surface area (TPSA) is 127 Å². The quantitative estimate of drug-likeness (QED) is 0.233. The molecule has 140 valence electrons. The van der Waals surface area contributed by atoms with Gasteiger partial charge in [-0.15, -0.1) is 15.3 Å². The van der Waals surface area contributed by atoms with Crippen molar-refractivity contribution >= 4 is 17.2 Å². The number of nitrogens with two attached hydrogens (primary N) is 2. The van der Waals surface area contributed by atoms with Crippen molar-refractivity contribution in [2.75, 3.05) is 5.32 Å². The van der Waals surface area contributed by atoms with Crippen LogP contribution in [0.3, 0.4) is 0 Å². The second kappa shape index (κ2) is 7.33. The SMILES string of the molecule is NN/N=C(\N)c1nnc(-c2ccccc2Nc2ccc(C(F)(F)F)cc2)o1. The predicted octanol–water partition coefficient (Wildman–Crippen LogP) is 2.58. The Morgan fingerprint density at radius 1 is 1.04 bits per heavy atom. The van der Waals surface area contributed by atoms with Crippen molar-refractivity contribution in [3.05, 3.63) is 60.0 Å². The van der Waals surface area contributed by atoms with Crippen LogP contribution >= 0.6 is 0 Å². The van der Waals surface area contributed by atoms with Crippen molar-refractivity contribution in [1.82, 2.24) is 15.7 Å². The lowest BCUT2D eigenvalue weighted by atomic mass is 10.1. The van der Waals surface area contributed by atoms with E-state index in [0.717, 1.165) is 12.1 Å². The molecule has 0 aliphatic heterocycles. The number of para-hydroxylation sites is 1. The predicted molar refractivity (Wildman–Crippen MR) is 92.5 cm³/mol. The Kier molecular flexibility index (Phi) is 4.94. The smallest absolute Gasteiger partial charge is 0.413 e. The van der Waals surface area contributed by atoms with E-state index >= 15 is 0 Å². The summed E-state index contributed by atoms with van der Waals surface area (Å²) in [6, 6.07) is 11.6. The highest BCUT2D eigenvalue weighted by atomic mass is 19.4. The van der Waals surface area contributed by atoms with Gasteiger partial charge in [-0.3, -0.25) is 0 Å². The highest BCUT2D eigenvalue weighted by Crippen LogP contribution is 2.32. The summed E-state index contributed by atoms with van der Waals surface area (Å²) in [6.07, 6.45) is -4.39. The first kappa shape index (κ1) is 18.2. The van der Waals surface area contributed by atoms with Crippen LogP contribution in [-0.4, -0.2) is 16.0 Å². The van der Waals surface area contributed by atoms with Gasteiger partial charge in [0.25, 0.3) is 5.89 Å². The van der Waals surface area contributed by atoms with E-state index in [1.165, 1.54) is 12.1 Å². The van der Waals surface area contributed by atoms with Crippen molar-refractivity contribution in [2.45, 2.75) is 6.18 Å². The molecule has 0 amide bonds. The molecule has 8 nitrogen and oxygen atoms in total. The van der Waals surface area contributed by atoms with Crippen molar-refractivity contribution in [3.63, 3.8) is 0 Å². The summed E-state index contributed by atoms with van der Waals surface area (Å²) in [5.74, 6) is 5.06. The van der Waals surface area contributed by atoms with Crippen LogP contribution in [0.2, 0.25) is 0 Å². The zero-order valence-corrected chi connectivity index (χ0v) is 13.7. The van der Waals surface area contributed by atoms with E-state index in [2.05, 4.69) is 20.6 Å². The maximum absolute atomic E-state index is 12.7. The van der Waals surface area contributed by atoms with E-state index in [4.69, 9.17) is 16.0 Å². The average Bonchev–Trinajstić information content (AvgIpc) is 3.12. The Bertz CT molecular complexity index is 951. The van der Waals surface area contributed by atoms with E-state index in [9.17, 15) is 13.2 Å². The number of hydrogen-bond acceptors (Lipinski definition) is 7. The molecule has 3 rings (SSSR count). The molecule has 0 atom stereocenters. The molecule has 0 fully saturated rings. The van der Waals surface area contributed by atoms with Crippen LogP contribution in [0.25, 0.3) is 11.5 Å². The fourth-order valence-corrected chi connectivity index (χ4v) is 2.23. The second-order valence-electron chi connectivity index (χ2n) is 5.28. The van der Waals surface area contributed by atoms with Crippen LogP contribution in [-0.2, 0) is 6.18 Å². The fraction of sp³-hybridized carbons (Fsp3) is 0.0625. The Morgan fingerprint density at radius 2 is 1.74 bits per heavy atom. The number of benzene rings is 2. The van der Waals surface area contributed by atoms with Gasteiger partial charge in [0.2, 0.25) is 11.7 Å². The minimum absolute atomic E-state index is 0.0349. The number of hydrazone groups is 1. The Balaban J connectivity index is 1.88. The van der Waals surface area contributed by atoms with Gasteiger partial charge in [0, 0.05) is 5.69 Å². The molecule has 0 spiro atoms. The zero-order chi connectivity index (χ0) is 19.4. The van der Waals surface area contributed by atoms with Gasteiger partial charge in [0.15, 0.2) is 0 Å². The molecule has 0 bridgehead atoms. The summed E-state index contributed by atoms with van der Waals surface area (Å²) >= 11 is 0. The summed E-state index contributed by atoms with van der Waals surface area (Å²) in [6.45, 7) is 0. The zero-order valence-electron chi connectivity index (χ0n) is 13.7. The standard InChI is InChI=1S/C16H14F3N7O/c17-16(18,19)9-5-7-10(8-6-9)22-12-4-2-1-3-11(12)14-24-25-15(27-14)13(20)23-26-21/h1-8,22,26H,21H2,(H2,20,23). The molecular formula is C16H14F3N7O. The van der Waals surface area contributed by atoms with Crippen molar-refractivity contribution in [1.29, 1.82) is 0 Å². The van der Waals surface area contributed by atoms with Gasteiger partial charge >= 0.3 is 6.18 Å². The van der Waals surface area contributed by atoms with Crippen LogP contribution in [0.1, 0.15) is 11.5 Å². The van der Waals surface area contributed by atoms with E-state index in [-0.39, 0.29) is 17.6 Å². The molecule has 6 N–H and O–H groups in total. The summed E-state index contributed by atoms with van der Waals surface area (Å²) in [4.78, 5) is 0. The molecule has 1 aromatic heterocycles. The molecular weight excluding hydrogens is 363 g/mol. The van der Waals surface area contributed by atoms with Gasteiger partial charge < -0.3 is 15.5 Å². The van der Waals surface area contributed by atoms with E-state index < -0.39 is 11.7 Å². The molecule has 0 saturated carbocycles. The largest absolute Gasteiger partial charge is 0.416 e. The number of hydrogen-bond donors (Lipinski definition) is 4. The summed E-state index contributed by atoms with van der Waals surface area (Å²) in [7, 11) is 0. The maximum atomic E-state index is 12.7. The number of nitrogens with one attached hydrogen (secondary N) is 2. The lowest BCUT2D eigenvalue weighted by Gasteiger charge is -2.11. The van der Waals surface area contributed by atoms with E-state index in [1.807, 2.05) is 5.53 Å². The second-order valence-corrected chi connectivity index (χ2v) is 5.28. The summed E-state index contributed by atoms with van der Waals surface area (Å²) < 4.78 is 43.5. The number of hydrazine groups is 1. The Labute approximate surface area is 151 Å². The molecule has 3 aromatic rings. The van der Waals surface area contributed by atoms with Crippen molar-refractivity contribution in [2.24, 2.45) is 16.7 Å². The van der Waals surface area contributed by atoms with Gasteiger partial charge in [-0.1, -0.05) is 12.1 Å². The Hall–Kier alpha value is -3.60. The van der Waals surface area contributed by atoms with E-state index in [0.29, 0.717) is 16.9 Å². The monoisotopic (exact) mass is 377 g/mol. The lowest BCUT2D eigenvalue weighted by molar-refractivity contribution is -0.137. The molecule has 2 aromatic carbocycles. The molecule has 0 aliphatic carbocycles. The third-order valence-electron chi connectivity index (χ3n) is 3.48. The fourth-order valence-electron chi connectivity index (χ4n) is 2.23. The number of amidine groups is 1. The van der Waals surface area contributed by atoms with Crippen molar-refractivity contribution in [3.8, 4) is 11.5 Å². The molecule has 0 aliphatic rings. The minimum atomic E-state index is -4.39. The number of aromatic nitrogens is 2. The van der Waals surface area contributed by atoms with Crippen LogP contribution in [0.4, 0.5) is 24.5 Å². The van der Waals surface area contributed by atoms with Crippen LogP contribution in [0, 0.1) is 0 Å². The number of alkyl halides is 3. The molecule has 0 radical (unpaired) electrons. The van der Waals surface area contributed by atoms with Gasteiger partial charge in [-0.05, 0) is 36.4 Å². The van der Waals surface area contributed by atoms with Gasteiger partial charge in [0.1, 0.15) is 0 Å². The molecule has 0 saturated heterocycles. The van der Waals surface area contributed by atoms with Crippen LogP contribution in [0.5, 0.6) is 0 Å². The summed E-state index contributed by atoms with van der Waals surface area (Å²) in [5.41, 5.74) is 8.45. The third kappa shape index (κ3) is 4.15. The van der Waals surface area contributed by atoms with Gasteiger partial charge in [-0.25, -0.2) is 11.4 Å². The van der Waals surface area contributed by atoms with Gasteiger partial charge in [-0.2, -0.15) is 13.2 Å². The number of anilines is 2. The molecule has 1 heterocycles. The summed E-state index contributed by atoms with van der Waals surface area (Å²) in [5, 5.41) is 14.2. The highest BCUT2D eigenvalue weighted by Gasteiger charge is 2.30. The number of halogens is 3. The molecule has 11 heteroatoms. The van der Waals surface area contributed by atoms with Crippen LogP contribution in [0.15, 0.2) is 58.0 Å². The first-order valence-corrected chi connectivity index (χ1v) is 7.55. The number of nitrogens with zero attached hydrogens (tertiary/aromatic N) is 3. The normalized spacial score (nSPS) is 12.1. The van der Waals surface area contributed by atoms with Crippen LogP contribution < -0.4 is 22.4 Å². The van der Waals surface area contributed by atoms with Crippen molar-refractivity contribution < 1.29 is 17.6 Å². The minimum Gasteiger partial charge on any atom is -0.413 e. The maximum Gasteiger partial charge on any atom is 0.416 e. The molecule has 27 heavy (non-hydrogen) atoms. The Morgan fingerprint density at radius 3 is 2.41 bits per heavy atom. The first-order chi connectivity index (χ1) is 12.9. The number of rotatable bonds is 5. The third-order valence-corrected chi connectivity index (χ3v) is 3.48. The molecule has 0 unspecified atom stereocenters. The van der Waals surface area contributed by atoms with Gasteiger partial charge in [0.05, 0.1) is 16.8 Å². The average molecular weight is 377 g/mol. The lowest BCUT2D eigenvalue weighted by Crippen LogP contribution is -2.23. The first-order valence-electron chi connectivity index (χ1n) is 7.55. The van der Waals surface area contributed by atoms with E-state index in [1.54, 1.807) is 24.3 Å².